The quantitative estimate of drug-likeness (QED) is 0.750. The predicted molar refractivity (Wildman–Crippen MR) is 82.4 cm³/mol. The topological polar surface area (TPSA) is 69.7 Å². The monoisotopic (exact) mass is 327 g/mol. The fraction of sp³-hybridized carbons (Fsp3) is 0.933. The van der Waals surface area contributed by atoms with Crippen LogP contribution in [0.3, 0.4) is 0 Å². The lowest BCUT2D eigenvalue weighted by atomic mass is 9.76. The molecule has 0 spiro atoms. The first-order valence-corrected chi connectivity index (χ1v) is 10.3. The zero-order chi connectivity index (χ0) is 15.5. The zero-order valence-electron chi connectivity index (χ0n) is 13.1. The molecule has 6 nitrogen and oxygen atoms in total. The summed E-state index contributed by atoms with van der Waals surface area (Å²) >= 11 is 0. The Balaban J connectivity index is 1.37. The van der Waals surface area contributed by atoms with Crippen LogP contribution in [0.1, 0.15) is 32.1 Å². The van der Waals surface area contributed by atoms with Crippen LogP contribution < -0.4 is 4.72 Å². The van der Waals surface area contributed by atoms with Crippen molar-refractivity contribution in [1.82, 2.24) is 14.5 Å². The van der Waals surface area contributed by atoms with E-state index < -0.39 is 10.0 Å². The number of fused-ring (bicyclic) bond motifs is 5. The van der Waals surface area contributed by atoms with Crippen LogP contribution in [-0.2, 0) is 14.8 Å². The first-order valence-electron chi connectivity index (χ1n) is 8.42. The van der Waals surface area contributed by atoms with E-state index in [9.17, 15) is 13.2 Å². The number of sulfonamides is 1. The minimum absolute atomic E-state index is 0.0176. The molecule has 2 heterocycles. The number of carbonyl (C=O) groups excluding carboxylic acids is 1. The standard InChI is InChI=1S/C15H25N3O3S/c1-22(20,21)16-12-3-2-6-17(8-12)9-18-14-11-5-4-10(7-11)13(14)15(18)19/h10-14,16H,2-9H2,1H3. The van der Waals surface area contributed by atoms with Gasteiger partial charge in [-0.1, -0.05) is 0 Å². The number of nitrogens with zero attached hydrogens (tertiary/aromatic N) is 2. The van der Waals surface area contributed by atoms with Crippen LogP contribution in [0.5, 0.6) is 0 Å². The molecule has 0 aromatic carbocycles. The van der Waals surface area contributed by atoms with Gasteiger partial charge in [0.1, 0.15) is 0 Å². The van der Waals surface area contributed by atoms with E-state index in [0.29, 0.717) is 37.0 Å². The number of rotatable bonds is 4. The van der Waals surface area contributed by atoms with Gasteiger partial charge < -0.3 is 4.90 Å². The van der Waals surface area contributed by atoms with Gasteiger partial charge in [-0.2, -0.15) is 0 Å². The largest absolute Gasteiger partial charge is 0.325 e. The van der Waals surface area contributed by atoms with E-state index in [1.54, 1.807) is 0 Å². The first-order chi connectivity index (χ1) is 10.4. The molecule has 4 aliphatic rings. The van der Waals surface area contributed by atoms with E-state index in [-0.39, 0.29) is 6.04 Å². The second-order valence-corrected chi connectivity index (χ2v) is 9.39. The molecule has 22 heavy (non-hydrogen) atoms. The molecule has 4 fully saturated rings. The second kappa shape index (κ2) is 5.18. The molecule has 7 heteroatoms. The molecule has 124 valence electrons. The molecule has 2 saturated carbocycles. The van der Waals surface area contributed by atoms with Crippen molar-refractivity contribution < 1.29 is 13.2 Å². The van der Waals surface area contributed by atoms with Crippen LogP contribution in [0.25, 0.3) is 0 Å². The Morgan fingerprint density at radius 1 is 1.23 bits per heavy atom. The molecule has 1 amide bonds. The summed E-state index contributed by atoms with van der Waals surface area (Å²) in [5, 5.41) is 0. The number of nitrogens with one attached hydrogen (secondary N) is 1. The van der Waals surface area contributed by atoms with Crippen molar-refractivity contribution in [3.8, 4) is 0 Å². The summed E-state index contributed by atoms with van der Waals surface area (Å²) in [7, 11) is -3.16. The molecule has 0 radical (unpaired) electrons. The SMILES string of the molecule is CS(=O)(=O)NC1CCCN(CN2C(=O)C3C4CCC(C4)C32)C1. The van der Waals surface area contributed by atoms with Gasteiger partial charge in [-0.25, -0.2) is 13.1 Å². The molecule has 2 aliphatic carbocycles. The third kappa shape index (κ3) is 2.47. The number of amides is 1. The number of piperidine rings is 1. The molecule has 4 rings (SSSR count). The summed E-state index contributed by atoms with van der Waals surface area (Å²) in [6.07, 6.45) is 6.85. The second-order valence-electron chi connectivity index (χ2n) is 7.61. The van der Waals surface area contributed by atoms with Gasteiger partial charge in [0.15, 0.2) is 0 Å². The maximum absolute atomic E-state index is 12.4. The smallest absolute Gasteiger partial charge is 0.229 e. The molecule has 5 atom stereocenters. The summed E-state index contributed by atoms with van der Waals surface area (Å²) in [6.45, 7) is 2.35. The summed E-state index contributed by atoms with van der Waals surface area (Å²) in [4.78, 5) is 16.7. The lowest BCUT2D eigenvalue weighted by Gasteiger charge is -2.51. The molecule has 1 N–H and O–H groups in total. The Kier molecular flexibility index (Phi) is 3.51. The number of β-lactam (4-membered cyclic amide) rings is 1. The molecular formula is C15H25N3O3S. The van der Waals surface area contributed by atoms with Crippen LogP contribution >= 0.6 is 0 Å². The van der Waals surface area contributed by atoms with Crippen molar-refractivity contribution in [1.29, 1.82) is 0 Å². The number of hydrogen-bond acceptors (Lipinski definition) is 4. The van der Waals surface area contributed by atoms with Gasteiger partial charge in [0.25, 0.3) is 0 Å². The van der Waals surface area contributed by atoms with Crippen molar-refractivity contribution in [3.05, 3.63) is 0 Å². The van der Waals surface area contributed by atoms with E-state index in [0.717, 1.165) is 25.3 Å². The fourth-order valence-electron chi connectivity index (χ4n) is 5.28. The van der Waals surface area contributed by atoms with Gasteiger partial charge >= 0.3 is 0 Å². The molecular weight excluding hydrogens is 302 g/mol. The average molecular weight is 327 g/mol. The summed E-state index contributed by atoms with van der Waals surface area (Å²) in [5.41, 5.74) is 0. The van der Waals surface area contributed by atoms with Gasteiger partial charge in [-0.3, -0.25) is 9.69 Å². The number of carbonyl (C=O) groups is 1. The van der Waals surface area contributed by atoms with Crippen molar-refractivity contribution in [2.24, 2.45) is 17.8 Å². The predicted octanol–water partition coefficient (Wildman–Crippen LogP) is 0.214. The van der Waals surface area contributed by atoms with Crippen molar-refractivity contribution in [3.63, 3.8) is 0 Å². The number of hydrogen-bond donors (Lipinski definition) is 1. The van der Waals surface area contributed by atoms with Gasteiger partial charge in [-0.15, -0.1) is 0 Å². The van der Waals surface area contributed by atoms with Crippen LogP contribution in [0, 0.1) is 17.8 Å². The Hall–Kier alpha value is -0.660. The van der Waals surface area contributed by atoms with Crippen LogP contribution in [0.2, 0.25) is 0 Å². The van der Waals surface area contributed by atoms with Crippen LogP contribution in [-0.4, -0.2) is 62.2 Å². The maximum Gasteiger partial charge on any atom is 0.229 e. The lowest BCUT2D eigenvalue weighted by molar-refractivity contribution is -0.165. The van der Waals surface area contributed by atoms with E-state index in [1.807, 2.05) is 0 Å². The summed E-state index contributed by atoms with van der Waals surface area (Å²) in [6, 6.07) is 0.463. The van der Waals surface area contributed by atoms with E-state index in [4.69, 9.17) is 0 Å². The minimum Gasteiger partial charge on any atom is -0.325 e. The van der Waals surface area contributed by atoms with Gasteiger partial charge in [0, 0.05) is 18.6 Å². The third-order valence-corrected chi connectivity index (χ3v) is 6.80. The van der Waals surface area contributed by atoms with Gasteiger partial charge in [0.2, 0.25) is 15.9 Å². The fourth-order valence-corrected chi connectivity index (χ4v) is 6.07. The molecule has 0 aromatic rings. The van der Waals surface area contributed by atoms with Crippen molar-refractivity contribution >= 4 is 15.9 Å². The van der Waals surface area contributed by atoms with E-state index >= 15 is 0 Å². The van der Waals surface area contributed by atoms with Crippen molar-refractivity contribution in [2.75, 3.05) is 26.0 Å². The molecule has 2 aliphatic heterocycles. The lowest BCUT2D eigenvalue weighted by Crippen LogP contribution is -2.66. The highest BCUT2D eigenvalue weighted by molar-refractivity contribution is 7.88. The normalized spacial score (nSPS) is 41.6. The van der Waals surface area contributed by atoms with E-state index in [1.165, 1.54) is 25.5 Å². The van der Waals surface area contributed by atoms with Crippen LogP contribution in [0.4, 0.5) is 0 Å². The highest BCUT2D eigenvalue weighted by atomic mass is 32.2. The molecule has 0 aromatic heterocycles. The summed E-state index contributed by atoms with van der Waals surface area (Å²) in [5.74, 6) is 2.03. The number of likely N-dealkylation sites (tertiary alicyclic amines) is 2. The average Bonchev–Trinajstić information content (AvgIpc) is 3.01. The molecule has 2 saturated heterocycles. The Morgan fingerprint density at radius 2 is 2.00 bits per heavy atom. The van der Waals surface area contributed by atoms with Gasteiger partial charge in [-0.05, 0) is 50.5 Å². The zero-order valence-corrected chi connectivity index (χ0v) is 13.9. The molecule has 2 bridgehead atoms. The summed E-state index contributed by atoms with van der Waals surface area (Å²) < 4.78 is 25.5. The highest BCUT2D eigenvalue weighted by Gasteiger charge is 2.61. The third-order valence-electron chi connectivity index (χ3n) is 6.04. The van der Waals surface area contributed by atoms with E-state index in [2.05, 4.69) is 14.5 Å². The van der Waals surface area contributed by atoms with Gasteiger partial charge in [0.05, 0.1) is 18.8 Å². The minimum atomic E-state index is -3.16. The Bertz CT molecular complexity index is 579. The Morgan fingerprint density at radius 3 is 2.77 bits per heavy atom. The van der Waals surface area contributed by atoms with Crippen LogP contribution in [0.15, 0.2) is 0 Å². The molecule has 5 unspecified atom stereocenters. The van der Waals surface area contributed by atoms with Crippen molar-refractivity contribution in [2.45, 2.75) is 44.2 Å². The Labute approximate surface area is 132 Å². The highest BCUT2D eigenvalue weighted by Crippen LogP contribution is 2.56. The maximum atomic E-state index is 12.4. The first kappa shape index (κ1) is 14.9.